The van der Waals surface area contributed by atoms with Crippen LogP contribution in [0.3, 0.4) is 0 Å². The Kier molecular flexibility index (Phi) is 6.07. The van der Waals surface area contributed by atoms with E-state index in [0.29, 0.717) is 4.90 Å². The van der Waals surface area contributed by atoms with E-state index in [1.165, 1.54) is 0 Å². The van der Waals surface area contributed by atoms with Gasteiger partial charge in [-0.25, -0.2) is 4.79 Å². The second-order valence-electron chi connectivity index (χ2n) is 4.04. The van der Waals surface area contributed by atoms with Crippen molar-refractivity contribution >= 4 is 23.9 Å². The molecule has 0 radical (unpaired) electrons. The predicted molar refractivity (Wildman–Crippen MR) is 61.1 cm³/mol. The highest BCUT2D eigenvalue weighted by molar-refractivity contribution is 5.86. The van der Waals surface area contributed by atoms with Crippen LogP contribution in [-0.2, 0) is 19.2 Å². The molecule has 0 aromatic carbocycles. The molecule has 5 N–H and O–H groups in total. The summed E-state index contributed by atoms with van der Waals surface area (Å²) in [6, 6.07) is -5.47. The second-order valence-corrected chi connectivity index (χ2v) is 4.04. The third kappa shape index (κ3) is 3.90. The van der Waals surface area contributed by atoms with Gasteiger partial charge in [0.25, 0.3) is 0 Å². The number of rotatable bonds is 8. The van der Waals surface area contributed by atoms with Crippen molar-refractivity contribution in [3.8, 4) is 0 Å². The molecule has 0 heterocycles. The lowest BCUT2D eigenvalue weighted by Gasteiger charge is -2.35. The van der Waals surface area contributed by atoms with Crippen LogP contribution in [0.2, 0.25) is 0 Å². The quantitative estimate of drug-likeness (QED) is 0.341. The molecule has 10 nitrogen and oxygen atoms in total. The molecule has 4 unspecified atom stereocenters. The minimum atomic E-state index is -2.48. The van der Waals surface area contributed by atoms with Crippen molar-refractivity contribution in [1.82, 2.24) is 4.90 Å². The van der Waals surface area contributed by atoms with Gasteiger partial charge in [-0.1, -0.05) is 0 Å². The first-order chi connectivity index (χ1) is 9.02. The molecular formula is C10H15NO9. The first-order valence-corrected chi connectivity index (χ1v) is 5.39. The number of nitrogens with zero attached hydrogens (tertiary/aromatic N) is 1. The molecule has 0 spiro atoms. The summed E-state index contributed by atoms with van der Waals surface area (Å²) in [5, 5.41) is 44.8. The van der Waals surface area contributed by atoms with Crippen LogP contribution in [0, 0.1) is 0 Å². The fourth-order valence-electron chi connectivity index (χ4n) is 1.63. The number of aliphatic hydroxyl groups excluding tert-OH is 1. The van der Waals surface area contributed by atoms with Crippen LogP contribution in [0.25, 0.3) is 0 Å². The van der Waals surface area contributed by atoms with E-state index in [-0.39, 0.29) is 0 Å². The van der Waals surface area contributed by atoms with Crippen LogP contribution in [-0.4, -0.2) is 78.5 Å². The van der Waals surface area contributed by atoms with Crippen molar-refractivity contribution in [2.24, 2.45) is 0 Å². The van der Waals surface area contributed by atoms with Gasteiger partial charge in [0.15, 0.2) is 6.10 Å². The number of carbonyl (C=O) groups is 4. The van der Waals surface area contributed by atoms with E-state index in [4.69, 9.17) is 20.4 Å². The molecule has 0 aliphatic rings. The highest BCUT2D eigenvalue weighted by atomic mass is 16.4. The summed E-state index contributed by atoms with van der Waals surface area (Å²) >= 11 is 0. The molecule has 0 aliphatic heterocycles. The molecule has 0 fully saturated rings. The van der Waals surface area contributed by atoms with E-state index in [9.17, 15) is 24.3 Å². The van der Waals surface area contributed by atoms with Gasteiger partial charge in [0.2, 0.25) is 0 Å². The third-order valence-electron chi connectivity index (χ3n) is 2.74. The predicted octanol–water partition coefficient (Wildman–Crippen LogP) is -1.87. The fourth-order valence-corrected chi connectivity index (χ4v) is 1.63. The molecule has 0 bridgehead atoms. The molecule has 0 rings (SSSR count). The SMILES string of the molecule is CC(C(=O)O)N(C(C)C(=O)O)C(C(=O)O)C(O)C(=O)O. The number of aliphatic hydroxyl groups is 1. The minimum Gasteiger partial charge on any atom is -0.480 e. The average molecular weight is 293 g/mol. The lowest BCUT2D eigenvalue weighted by atomic mass is 10.0. The molecule has 0 saturated heterocycles. The first-order valence-electron chi connectivity index (χ1n) is 5.39. The lowest BCUT2D eigenvalue weighted by Crippen LogP contribution is -2.61. The van der Waals surface area contributed by atoms with Crippen molar-refractivity contribution in [3.05, 3.63) is 0 Å². The second kappa shape index (κ2) is 6.82. The lowest BCUT2D eigenvalue weighted by molar-refractivity contribution is -0.170. The maximum Gasteiger partial charge on any atom is 0.334 e. The van der Waals surface area contributed by atoms with Crippen LogP contribution in [0.5, 0.6) is 0 Å². The largest absolute Gasteiger partial charge is 0.480 e. The smallest absolute Gasteiger partial charge is 0.334 e. The topological polar surface area (TPSA) is 173 Å². The van der Waals surface area contributed by atoms with Gasteiger partial charge in [-0.2, -0.15) is 0 Å². The van der Waals surface area contributed by atoms with E-state index in [1.54, 1.807) is 0 Å². The van der Waals surface area contributed by atoms with Gasteiger partial charge in [0, 0.05) is 0 Å². The molecule has 0 aromatic rings. The van der Waals surface area contributed by atoms with Crippen LogP contribution in [0.4, 0.5) is 0 Å². The van der Waals surface area contributed by atoms with Crippen LogP contribution in [0.15, 0.2) is 0 Å². The van der Waals surface area contributed by atoms with Crippen molar-refractivity contribution in [3.63, 3.8) is 0 Å². The maximum absolute atomic E-state index is 11.1. The Hall–Kier alpha value is -2.20. The van der Waals surface area contributed by atoms with Crippen molar-refractivity contribution in [2.75, 3.05) is 0 Å². The summed E-state index contributed by atoms with van der Waals surface area (Å²) in [6.07, 6.45) is -2.48. The summed E-state index contributed by atoms with van der Waals surface area (Å²) in [7, 11) is 0. The van der Waals surface area contributed by atoms with Gasteiger partial charge >= 0.3 is 23.9 Å². The Morgan fingerprint density at radius 2 is 1.10 bits per heavy atom. The molecule has 0 saturated carbocycles. The zero-order valence-corrected chi connectivity index (χ0v) is 10.6. The van der Waals surface area contributed by atoms with Crippen LogP contribution in [0.1, 0.15) is 13.8 Å². The van der Waals surface area contributed by atoms with Gasteiger partial charge in [0.1, 0.15) is 18.1 Å². The van der Waals surface area contributed by atoms with E-state index in [1.807, 2.05) is 0 Å². The summed E-state index contributed by atoms with van der Waals surface area (Å²) in [5.41, 5.74) is 0. The fraction of sp³-hybridized carbons (Fsp3) is 0.600. The van der Waals surface area contributed by atoms with Gasteiger partial charge in [-0.05, 0) is 13.8 Å². The Labute approximate surface area is 112 Å². The van der Waals surface area contributed by atoms with Gasteiger partial charge in [0.05, 0.1) is 0 Å². The number of hydrogen-bond donors (Lipinski definition) is 5. The average Bonchev–Trinajstić information content (AvgIpc) is 2.32. The number of hydrogen-bond acceptors (Lipinski definition) is 6. The Balaban J connectivity index is 5.77. The Morgan fingerprint density at radius 3 is 1.30 bits per heavy atom. The molecule has 114 valence electrons. The highest BCUT2D eigenvalue weighted by Gasteiger charge is 2.45. The summed E-state index contributed by atoms with van der Waals surface area (Å²) in [5.74, 6) is -6.86. The van der Waals surface area contributed by atoms with Gasteiger partial charge in [-0.15, -0.1) is 0 Å². The third-order valence-corrected chi connectivity index (χ3v) is 2.74. The normalized spacial score (nSPS) is 17.0. The number of carboxylic acids is 4. The zero-order chi connectivity index (χ0) is 16.2. The highest BCUT2D eigenvalue weighted by Crippen LogP contribution is 2.16. The van der Waals surface area contributed by atoms with E-state index in [2.05, 4.69) is 0 Å². The Morgan fingerprint density at radius 1 is 0.750 bits per heavy atom. The van der Waals surface area contributed by atoms with E-state index in [0.717, 1.165) is 13.8 Å². The van der Waals surface area contributed by atoms with Crippen molar-refractivity contribution in [2.45, 2.75) is 38.1 Å². The zero-order valence-electron chi connectivity index (χ0n) is 10.6. The van der Waals surface area contributed by atoms with Gasteiger partial charge < -0.3 is 25.5 Å². The first kappa shape index (κ1) is 17.8. The van der Waals surface area contributed by atoms with E-state index >= 15 is 0 Å². The minimum absolute atomic E-state index is 0.409. The number of aliphatic carboxylic acids is 4. The molecule has 0 aromatic heterocycles. The summed E-state index contributed by atoms with van der Waals surface area (Å²) in [6.45, 7) is 1.98. The van der Waals surface area contributed by atoms with Crippen LogP contribution < -0.4 is 0 Å². The Bertz CT molecular complexity index is 401. The molecule has 20 heavy (non-hydrogen) atoms. The molecule has 4 atom stereocenters. The molecule has 10 heteroatoms. The van der Waals surface area contributed by atoms with E-state index < -0.39 is 48.1 Å². The monoisotopic (exact) mass is 293 g/mol. The summed E-state index contributed by atoms with van der Waals surface area (Å²) < 4.78 is 0. The number of carboxylic acid groups (broad SMARTS) is 4. The van der Waals surface area contributed by atoms with Crippen molar-refractivity contribution in [1.29, 1.82) is 0 Å². The molecule has 0 aliphatic carbocycles. The summed E-state index contributed by atoms with van der Waals surface area (Å²) in [4.78, 5) is 44.1. The van der Waals surface area contributed by atoms with Crippen LogP contribution >= 0.6 is 0 Å². The maximum atomic E-state index is 11.1. The molecular weight excluding hydrogens is 278 g/mol. The van der Waals surface area contributed by atoms with Gasteiger partial charge in [-0.3, -0.25) is 19.3 Å². The molecule has 0 amide bonds. The van der Waals surface area contributed by atoms with Crippen molar-refractivity contribution < 1.29 is 44.7 Å². The standard InChI is InChI=1S/C10H15NO9/c1-3(7(13)14)11(4(2)8(15)16)5(9(17)18)6(12)10(19)20/h3-6,12H,1-2H3,(H,13,14)(H,15,16)(H,17,18)(H,19,20).